The van der Waals surface area contributed by atoms with Crippen molar-refractivity contribution < 1.29 is 14.3 Å². The van der Waals surface area contributed by atoms with Gasteiger partial charge in [0, 0.05) is 17.8 Å². The summed E-state index contributed by atoms with van der Waals surface area (Å²) in [6, 6.07) is -0.331. The Morgan fingerprint density at radius 2 is 1.84 bits per heavy atom. The third kappa shape index (κ3) is 4.51. The van der Waals surface area contributed by atoms with Gasteiger partial charge in [-0.05, 0) is 83.0 Å². The predicted molar refractivity (Wildman–Crippen MR) is 119 cm³/mol. The maximum absolute atomic E-state index is 12.6. The lowest BCUT2D eigenvalue weighted by molar-refractivity contribution is -0.117. The van der Waals surface area contributed by atoms with Gasteiger partial charge in [-0.1, -0.05) is 11.8 Å². The molecule has 31 heavy (non-hydrogen) atoms. The van der Waals surface area contributed by atoms with Crippen LogP contribution in [-0.2, 0) is 16.1 Å². The van der Waals surface area contributed by atoms with E-state index < -0.39 is 0 Å². The minimum atomic E-state index is -0.331. The molecule has 2 heterocycles. The van der Waals surface area contributed by atoms with Crippen molar-refractivity contribution >= 4 is 23.7 Å². The number of hydrogen-bond acceptors (Lipinski definition) is 5. The largest absolute Gasteiger partial charge is 0.376 e. The van der Waals surface area contributed by atoms with E-state index in [1.165, 1.54) is 31.0 Å². The molecule has 6 rings (SSSR count). The van der Waals surface area contributed by atoms with Crippen molar-refractivity contribution in [3.05, 3.63) is 11.4 Å². The number of hydrogen-bond donors (Lipinski definition) is 2. The molecule has 4 aliphatic carbocycles. The van der Waals surface area contributed by atoms with E-state index in [9.17, 15) is 9.59 Å². The molecule has 4 saturated carbocycles. The van der Waals surface area contributed by atoms with Crippen LogP contribution in [0.5, 0.6) is 0 Å². The number of carbonyl (C=O) groups excluding carboxylic acids is 2. The summed E-state index contributed by atoms with van der Waals surface area (Å²) < 4.78 is 7.93. The number of rotatable bonds is 6. The molecular weight excluding hydrogens is 412 g/mol. The molecule has 170 valence electrons. The zero-order valence-corrected chi connectivity index (χ0v) is 19.4. The maximum atomic E-state index is 12.6. The average molecular weight is 447 g/mol. The summed E-state index contributed by atoms with van der Waals surface area (Å²) >= 11 is 1.39. The Kier molecular flexibility index (Phi) is 5.79. The molecule has 1 aromatic rings. The van der Waals surface area contributed by atoms with Crippen molar-refractivity contribution in [2.24, 2.45) is 17.8 Å². The van der Waals surface area contributed by atoms with Gasteiger partial charge in [-0.25, -0.2) is 9.78 Å². The highest BCUT2D eigenvalue weighted by Crippen LogP contribution is 2.55. The monoisotopic (exact) mass is 446 g/mol. The standard InChI is InChI=1S/C23H34N4O3S/c1-14-15(2)27(12-19-4-3-5-30-19)22(24-14)31-13-20(28)25-21(29)26-23-9-16-6-17(10-23)8-18(7-16)11-23/h16-19H,3-13H2,1-2H3,(H2,25,26,28,29)/t16?,17?,18?,19-,23?/m1/s1. The number of nitrogens with zero attached hydrogens (tertiary/aromatic N) is 2. The smallest absolute Gasteiger partial charge is 0.321 e. The Hall–Kier alpha value is -1.54. The molecule has 3 amide bonds. The van der Waals surface area contributed by atoms with E-state index in [0.29, 0.717) is 0 Å². The number of amides is 3. The molecule has 0 aromatic carbocycles. The first-order chi connectivity index (χ1) is 14.9. The quantitative estimate of drug-likeness (QED) is 0.653. The average Bonchev–Trinajstić information content (AvgIpc) is 3.29. The van der Waals surface area contributed by atoms with Crippen LogP contribution >= 0.6 is 11.8 Å². The summed E-state index contributed by atoms with van der Waals surface area (Å²) in [6.07, 6.45) is 9.59. The zero-order chi connectivity index (χ0) is 21.6. The van der Waals surface area contributed by atoms with Crippen molar-refractivity contribution in [2.45, 2.75) is 88.6 Å². The van der Waals surface area contributed by atoms with Crippen LogP contribution in [0.1, 0.15) is 62.8 Å². The summed E-state index contributed by atoms with van der Waals surface area (Å²) in [5.74, 6) is 2.18. The molecule has 7 nitrogen and oxygen atoms in total. The molecule has 4 bridgehead atoms. The van der Waals surface area contributed by atoms with E-state index in [4.69, 9.17) is 4.74 Å². The molecule has 0 radical (unpaired) electrons. The zero-order valence-electron chi connectivity index (χ0n) is 18.6. The van der Waals surface area contributed by atoms with Gasteiger partial charge >= 0.3 is 6.03 Å². The lowest BCUT2D eigenvalue weighted by Crippen LogP contribution is -2.61. The van der Waals surface area contributed by atoms with Gasteiger partial charge in [0.1, 0.15) is 0 Å². The lowest BCUT2D eigenvalue weighted by atomic mass is 9.53. The Labute approximate surface area is 188 Å². The van der Waals surface area contributed by atoms with Gasteiger partial charge in [-0.15, -0.1) is 0 Å². The van der Waals surface area contributed by atoms with Crippen molar-refractivity contribution in [3.63, 3.8) is 0 Å². The Balaban J connectivity index is 1.14. The minimum absolute atomic E-state index is 0.0853. The Morgan fingerprint density at radius 1 is 1.16 bits per heavy atom. The van der Waals surface area contributed by atoms with Gasteiger partial charge < -0.3 is 14.6 Å². The second-order valence-corrected chi connectivity index (χ2v) is 11.2. The molecule has 2 N–H and O–H groups in total. The fourth-order valence-electron chi connectivity index (χ4n) is 6.77. The maximum Gasteiger partial charge on any atom is 0.321 e. The molecule has 1 aliphatic heterocycles. The third-order valence-electron chi connectivity index (χ3n) is 7.84. The summed E-state index contributed by atoms with van der Waals surface area (Å²) in [6.45, 7) is 5.63. The van der Waals surface area contributed by atoms with E-state index in [0.717, 1.165) is 79.6 Å². The van der Waals surface area contributed by atoms with Gasteiger partial charge in [-0.2, -0.15) is 0 Å². The predicted octanol–water partition coefficient (Wildman–Crippen LogP) is 3.57. The van der Waals surface area contributed by atoms with E-state index in [2.05, 4.69) is 27.1 Å². The van der Waals surface area contributed by atoms with Crippen LogP contribution < -0.4 is 10.6 Å². The van der Waals surface area contributed by atoms with E-state index in [1.54, 1.807) is 0 Å². The number of thioether (sulfide) groups is 1. The molecule has 0 unspecified atom stereocenters. The number of aryl methyl sites for hydroxylation is 1. The first-order valence-electron chi connectivity index (χ1n) is 11.8. The van der Waals surface area contributed by atoms with Gasteiger partial charge in [-0.3, -0.25) is 10.1 Å². The highest BCUT2D eigenvalue weighted by atomic mass is 32.2. The fourth-order valence-corrected chi connectivity index (χ4v) is 7.67. The van der Waals surface area contributed by atoms with Gasteiger partial charge in [0.15, 0.2) is 5.16 Å². The van der Waals surface area contributed by atoms with Crippen LogP contribution in [-0.4, -0.2) is 45.5 Å². The molecule has 5 aliphatic rings. The number of urea groups is 1. The van der Waals surface area contributed by atoms with Crippen molar-refractivity contribution in [3.8, 4) is 0 Å². The molecule has 0 spiro atoms. The summed E-state index contributed by atoms with van der Waals surface area (Å²) in [5.41, 5.74) is 2.00. The Bertz CT molecular complexity index is 826. The van der Waals surface area contributed by atoms with Crippen molar-refractivity contribution in [1.29, 1.82) is 0 Å². The van der Waals surface area contributed by atoms with Gasteiger partial charge in [0.05, 0.1) is 24.1 Å². The summed E-state index contributed by atoms with van der Waals surface area (Å²) in [4.78, 5) is 29.8. The molecule has 1 atom stereocenters. The molecule has 8 heteroatoms. The number of aromatic nitrogens is 2. The molecule has 1 aromatic heterocycles. The Morgan fingerprint density at radius 3 is 2.45 bits per heavy atom. The van der Waals surface area contributed by atoms with Crippen molar-refractivity contribution in [2.75, 3.05) is 12.4 Å². The van der Waals surface area contributed by atoms with E-state index in [1.807, 2.05) is 6.92 Å². The number of carbonyl (C=O) groups is 2. The minimum Gasteiger partial charge on any atom is -0.376 e. The second-order valence-electron chi connectivity index (χ2n) is 10.3. The number of nitrogens with one attached hydrogen (secondary N) is 2. The highest BCUT2D eigenvalue weighted by Gasteiger charge is 2.51. The molecule has 5 fully saturated rings. The number of ether oxygens (including phenoxy) is 1. The van der Waals surface area contributed by atoms with E-state index in [-0.39, 0.29) is 29.3 Å². The number of imide groups is 1. The van der Waals surface area contributed by atoms with Crippen LogP contribution in [0, 0.1) is 31.6 Å². The number of imidazole rings is 1. The summed E-state index contributed by atoms with van der Waals surface area (Å²) in [7, 11) is 0. The van der Waals surface area contributed by atoms with E-state index >= 15 is 0 Å². The van der Waals surface area contributed by atoms with Crippen LogP contribution in [0.3, 0.4) is 0 Å². The normalized spacial score (nSPS) is 33.6. The first kappa shape index (κ1) is 21.3. The van der Waals surface area contributed by atoms with Gasteiger partial charge in [0.2, 0.25) is 5.91 Å². The van der Waals surface area contributed by atoms with Crippen molar-refractivity contribution in [1.82, 2.24) is 20.2 Å². The van der Waals surface area contributed by atoms with Crippen LogP contribution in [0.15, 0.2) is 5.16 Å². The van der Waals surface area contributed by atoms with Crippen LogP contribution in [0.2, 0.25) is 0 Å². The highest BCUT2D eigenvalue weighted by molar-refractivity contribution is 7.99. The topological polar surface area (TPSA) is 85.3 Å². The van der Waals surface area contributed by atoms with Crippen LogP contribution in [0.4, 0.5) is 4.79 Å². The molecule has 1 saturated heterocycles. The first-order valence-corrected chi connectivity index (χ1v) is 12.8. The summed E-state index contributed by atoms with van der Waals surface area (Å²) in [5, 5.41) is 6.60. The fraction of sp³-hybridized carbons (Fsp3) is 0.783. The lowest BCUT2D eigenvalue weighted by Gasteiger charge is -2.56. The SMILES string of the molecule is Cc1nc(SCC(=O)NC(=O)NC23CC4CC(CC(C4)C2)C3)n(C[C@H]2CCCO2)c1C. The van der Waals surface area contributed by atoms with Gasteiger partial charge in [0.25, 0.3) is 0 Å². The molecular formula is C23H34N4O3S. The van der Waals surface area contributed by atoms with Crippen LogP contribution in [0.25, 0.3) is 0 Å². The second kappa shape index (κ2) is 8.43. The third-order valence-corrected chi connectivity index (χ3v) is 8.81.